The zero-order valence-corrected chi connectivity index (χ0v) is 9.73. The minimum absolute atomic E-state index is 0.207. The normalized spacial score (nSPS) is 10.7. The van der Waals surface area contributed by atoms with Gasteiger partial charge in [0.15, 0.2) is 5.76 Å². The van der Waals surface area contributed by atoms with Gasteiger partial charge in [0.1, 0.15) is 0 Å². The molecule has 0 aliphatic heterocycles. The largest absolute Gasteiger partial charge is 0.459 e. The van der Waals surface area contributed by atoms with Crippen LogP contribution in [0.3, 0.4) is 0 Å². The molecule has 0 fully saturated rings. The average Bonchev–Trinajstić information content (AvgIpc) is 2.75. The molecule has 0 radical (unpaired) electrons. The van der Waals surface area contributed by atoms with Crippen LogP contribution in [0.4, 0.5) is 0 Å². The first kappa shape index (κ1) is 12.7. The first-order valence-electron chi connectivity index (χ1n) is 5.24. The first-order valence-corrected chi connectivity index (χ1v) is 5.24. The average molecular weight is 226 g/mol. The van der Waals surface area contributed by atoms with Gasteiger partial charge in [0.25, 0.3) is 5.91 Å². The van der Waals surface area contributed by atoms with Crippen LogP contribution in [0.25, 0.3) is 0 Å². The van der Waals surface area contributed by atoms with Gasteiger partial charge in [-0.3, -0.25) is 4.79 Å². The third-order valence-electron chi connectivity index (χ3n) is 1.96. The zero-order chi connectivity index (χ0) is 11.8. The van der Waals surface area contributed by atoms with Gasteiger partial charge in [-0.1, -0.05) is 0 Å². The van der Waals surface area contributed by atoms with E-state index in [4.69, 9.17) is 9.15 Å². The smallest absolute Gasteiger partial charge is 0.287 e. The van der Waals surface area contributed by atoms with Crippen LogP contribution in [-0.2, 0) is 4.74 Å². The van der Waals surface area contributed by atoms with E-state index in [0.29, 0.717) is 25.5 Å². The Balaban J connectivity index is 2.01. The Labute approximate surface area is 95.4 Å². The molecule has 1 N–H and O–H groups in total. The summed E-state index contributed by atoms with van der Waals surface area (Å²) in [4.78, 5) is 13.4. The molecule has 0 saturated carbocycles. The van der Waals surface area contributed by atoms with Crippen molar-refractivity contribution in [3.05, 3.63) is 24.2 Å². The summed E-state index contributed by atoms with van der Waals surface area (Å²) in [6, 6.07) is 3.31. The summed E-state index contributed by atoms with van der Waals surface area (Å²) in [5.74, 6) is 0.120. The molecule has 5 heteroatoms. The second-order valence-corrected chi connectivity index (χ2v) is 3.65. The predicted octanol–water partition coefficient (Wildman–Crippen LogP) is 0.588. The molecular formula is C11H18N2O3. The van der Waals surface area contributed by atoms with Gasteiger partial charge in [0.05, 0.1) is 19.5 Å². The molecule has 0 aliphatic carbocycles. The third kappa shape index (κ3) is 4.95. The number of carbonyl (C=O) groups is 1. The van der Waals surface area contributed by atoms with E-state index in [0.717, 1.165) is 6.54 Å². The lowest BCUT2D eigenvalue weighted by Crippen LogP contribution is -2.28. The Hall–Kier alpha value is -1.33. The van der Waals surface area contributed by atoms with Gasteiger partial charge in [-0.05, 0) is 26.2 Å². The standard InChI is InChI=1S/C11H18N2O3/c1-13(2)6-9-15-8-5-12-11(14)10-4-3-7-16-10/h3-4,7H,5-6,8-9H2,1-2H3,(H,12,14). The number of amides is 1. The van der Waals surface area contributed by atoms with E-state index in [9.17, 15) is 4.79 Å². The zero-order valence-electron chi connectivity index (χ0n) is 9.73. The summed E-state index contributed by atoms with van der Waals surface area (Å²) in [7, 11) is 3.98. The Bertz CT molecular complexity index is 296. The summed E-state index contributed by atoms with van der Waals surface area (Å²) in [6.45, 7) is 2.56. The third-order valence-corrected chi connectivity index (χ3v) is 1.96. The number of nitrogens with one attached hydrogen (secondary N) is 1. The lowest BCUT2D eigenvalue weighted by Gasteiger charge is -2.09. The van der Waals surface area contributed by atoms with Crippen LogP contribution in [0.1, 0.15) is 10.6 Å². The minimum Gasteiger partial charge on any atom is -0.459 e. The number of carbonyl (C=O) groups excluding carboxylic acids is 1. The van der Waals surface area contributed by atoms with E-state index in [-0.39, 0.29) is 5.91 Å². The first-order chi connectivity index (χ1) is 7.70. The predicted molar refractivity (Wildman–Crippen MR) is 60.4 cm³/mol. The maximum Gasteiger partial charge on any atom is 0.287 e. The highest BCUT2D eigenvalue weighted by atomic mass is 16.5. The number of hydrogen-bond donors (Lipinski definition) is 1. The van der Waals surface area contributed by atoms with Gasteiger partial charge < -0.3 is 19.4 Å². The summed E-state index contributed by atoms with van der Waals surface area (Å²) < 4.78 is 10.3. The Kier molecular flexibility index (Phi) is 5.60. The number of ether oxygens (including phenoxy) is 1. The lowest BCUT2D eigenvalue weighted by atomic mass is 10.4. The molecule has 0 unspecified atom stereocenters. The highest BCUT2D eigenvalue weighted by Gasteiger charge is 2.06. The van der Waals surface area contributed by atoms with Gasteiger partial charge in [0, 0.05) is 13.1 Å². The lowest BCUT2D eigenvalue weighted by molar-refractivity contribution is 0.0875. The number of nitrogens with zero attached hydrogens (tertiary/aromatic N) is 1. The van der Waals surface area contributed by atoms with E-state index >= 15 is 0 Å². The molecule has 90 valence electrons. The molecule has 0 saturated heterocycles. The van der Waals surface area contributed by atoms with Crippen molar-refractivity contribution < 1.29 is 13.9 Å². The van der Waals surface area contributed by atoms with Crippen LogP contribution in [0.5, 0.6) is 0 Å². The summed E-state index contributed by atoms with van der Waals surface area (Å²) in [6.07, 6.45) is 1.47. The van der Waals surface area contributed by atoms with Crippen LogP contribution >= 0.6 is 0 Å². The quantitative estimate of drug-likeness (QED) is 0.691. The van der Waals surface area contributed by atoms with Gasteiger partial charge in [-0.25, -0.2) is 0 Å². The van der Waals surface area contributed by atoms with Crippen LogP contribution < -0.4 is 5.32 Å². The fourth-order valence-corrected chi connectivity index (χ4v) is 1.08. The number of furan rings is 1. The van der Waals surface area contributed by atoms with Crippen LogP contribution in [-0.4, -0.2) is 51.2 Å². The molecule has 16 heavy (non-hydrogen) atoms. The van der Waals surface area contributed by atoms with Crippen LogP contribution in [0, 0.1) is 0 Å². The molecule has 5 nitrogen and oxygen atoms in total. The van der Waals surface area contributed by atoms with Crippen molar-refractivity contribution in [1.82, 2.24) is 10.2 Å². The molecule has 1 aromatic rings. The van der Waals surface area contributed by atoms with E-state index in [1.54, 1.807) is 12.1 Å². The van der Waals surface area contributed by atoms with Crippen molar-refractivity contribution in [1.29, 1.82) is 0 Å². The fraction of sp³-hybridized carbons (Fsp3) is 0.545. The van der Waals surface area contributed by atoms with E-state index < -0.39 is 0 Å². The van der Waals surface area contributed by atoms with E-state index in [2.05, 4.69) is 5.32 Å². The van der Waals surface area contributed by atoms with Crippen molar-refractivity contribution in [2.75, 3.05) is 40.4 Å². The van der Waals surface area contributed by atoms with Crippen LogP contribution in [0.15, 0.2) is 22.8 Å². The Morgan fingerprint density at radius 2 is 2.31 bits per heavy atom. The van der Waals surface area contributed by atoms with Crippen molar-refractivity contribution in [3.8, 4) is 0 Å². The van der Waals surface area contributed by atoms with Gasteiger partial charge in [-0.15, -0.1) is 0 Å². The molecule has 1 heterocycles. The highest BCUT2D eigenvalue weighted by Crippen LogP contribution is 1.98. The maximum atomic E-state index is 11.4. The van der Waals surface area contributed by atoms with Gasteiger partial charge >= 0.3 is 0 Å². The van der Waals surface area contributed by atoms with E-state index in [1.807, 2.05) is 19.0 Å². The summed E-state index contributed by atoms with van der Waals surface area (Å²) in [5.41, 5.74) is 0. The molecule has 0 bridgehead atoms. The van der Waals surface area contributed by atoms with Gasteiger partial charge in [-0.2, -0.15) is 0 Å². The molecule has 0 aromatic carbocycles. The van der Waals surface area contributed by atoms with Gasteiger partial charge in [0.2, 0.25) is 0 Å². The SMILES string of the molecule is CN(C)CCOCCNC(=O)c1ccco1. The van der Waals surface area contributed by atoms with Crippen LogP contribution in [0.2, 0.25) is 0 Å². The van der Waals surface area contributed by atoms with E-state index in [1.165, 1.54) is 6.26 Å². The maximum absolute atomic E-state index is 11.4. The summed E-state index contributed by atoms with van der Waals surface area (Å²) >= 11 is 0. The Morgan fingerprint density at radius 1 is 1.50 bits per heavy atom. The van der Waals surface area contributed by atoms with Crippen molar-refractivity contribution in [3.63, 3.8) is 0 Å². The topological polar surface area (TPSA) is 54.7 Å². The molecule has 1 rings (SSSR count). The van der Waals surface area contributed by atoms with Crippen molar-refractivity contribution in [2.45, 2.75) is 0 Å². The number of likely N-dealkylation sites (N-methyl/N-ethyl adjacent to an activating group) is 1. The van der Waals surface area contributed by atoms with Crippen molar-refractivity contribution >= 4 is 5.91 Å². The molecule has 0 aliphatic rings. The molecule has 0 atom stereocenters. The number of hydrogen-bond acceptors (Lipinski definition) is 4. The van der Waals surface area contributed by atoms with Crippen molar-refractivity contribution in [2.24, 2.45) is 0 Å². The second kappa shape index (κ2) is 7.03. The monoisotopic (exact) mass is 226 g/mol. The molecule has 0 spiro atoms. The minimum atomic E-state index is -0.207. The number of rotatable bonds is 7. The molecule has 1 aromatic heterocycles. The Morgan fingerprint density at radius 3 is 2.94 bits per heavy atom. The second-order valence-electron chi connectivity index (χ2n) is 3.65. The molecular weight excluding hydrogens is 208 g/mol. The molecule has 1 amide bonds. The summed E-state index contributed by atoms with van der Waals surface area (Å²) in [5, 5.41) is 2.70. The highest BCUT2D eigenvalue weighted by molar-refractivity contribution is 5.91. The fourth-order valence-electron chi connectivity index (χ4n) is 1.08.